The smallest absolute Gasteiger partial charge is 0.245 e. The van der Waals surface area contributed by atoms with E-state index in [2.05, 4.69) is 42.7 Å². The lowest BCUT2D eigenvalue weighted by Gasteiger charge is -2.11. The minimum absolute atomic E-state index is 0.188. The maximum absolute atomic E-state index is 13.1. The van der Waals surface area contributed by atoms with E-state index in [1.807, 2.05) is 0 Å². The van der Waals surface area contributed by atoms with Gasteiger partial charge in [-0.1, -0.05) is 0 Å². The zero-order chi connectivity index (χ0) is 13.4. The first-order chi connectivity index (χ1) is 9.13. The highest BCUT2D eigenvalue weighted by atomic mass is 127. The number of nitrogens with zero attached hydrogens (tertiary/aromatic N) is 3. The first-order valence-corrected chi connectivity index (χ1v) is 7.10. The van der Waals surface area contributed by atoms with Crippen LogP contribution in [-0.4, -0.2) is 34.3 Å². The maximum Gasteiger partial charge on any atom is 0.245 e. The van der Waals surface area contributed by atoms with Crippen molar-refractivity contribution in [1.82, 2.24) is 15.2 Å². The SMILES string of the molecule is NC1CCN(c2n[nH]c(-c3ccc(F)cc3I)n2)C1. The number of aromatic nitrogens is 3. The number of aromatic amines is 1. The van der Waals surface area contributed by atoms with E-state index in [9.17, 15) is 4.39 Å². The van der Waals surface area contributed by atoms with Gasteiger partial charge in [0.25, 0.3) is 0 Å². The van der Waals surface area contributed by atoms with E-state index in [0.29, 0.717) is 11.8 Å². The summed E-state index contributed by atoms with van der Waals surface area (Å²) in [7, 11) is 0. The summed E-state index contributed by atoms with van der Waals surface area (Å²) in [6.07, 6.45) is 0.956. The van der Waals surface area contributed by atoms with Crippen LogP contribution in [0.1, 0.15) is 6.42 Å². The molecule has 19 heavy (non-hydrogen) atoms. The number of rotatable bonds is 2. The fraction of sp³-hybridized carbons (Fsp3) is 0.333. The van der Waals surface area contributed by atoms with Gasteiger partial charge in [-0.25, -0.2) is 4.39 Å². The van der Waals surface area contributed by atoms with Crippen molar-refractivity contribution in [3.05, 3.63) is 27.6 Å². The summed E-state index contributed by atoms with van der Waals surface area (Å²) in [5.74, 6) is 1.06. The van der Waals surface area contributed by atoms with Crippen molar-refractivity contribution < 1.29 is 4.39 Å². The number of hydrogen-bond donors (Lipinski definition) is 2. The molecule has 1 saturated heterocycles. The van der Waals surface area contributed by atoms with Crippen molar-refractivity contribution in [2.24, 2.45) is 5.73 Å². The van der Waals surface area contributed by atoms with E-state index in [4.69, 9.17) is 5.73 Å². The highest BCUT2D eigenvalue weighted by molar-refractivity contribution is 14.1. The van der Waals surface area contributed by atoms with Crippen LogP contribution in [0.15, 0.2) is 18.2 Å². The molecule has 0 radical (unpaired) electrons. The van der Waals surface area contributed by atoms with Crippen LogP contribution < -0.4 is 10.6 Å². The normalized spacial score (nSPS) is 19.1. The molecular weight excluding hydrogens is 360 g/mol. The highest BCUT2D eigenvalue weighted by Gasteiger charge is 2.22. The third-order valence-electron chi connectivity index (χ3n) is 3.17. The fourth-order valence-corrected chi connectivity index (χ4v) is 2.90. The van der Waals surface area contributed by atoms with E-state index in [1.54, 1.807) is 6.07 Å². The monoisotopic (exact) mass is 373 g/mol. The summed E-state index contributed by atoms with van der Waals surface area (Å²) in [5.41, 5.74) is 6.72. The molecule has 7 heteroatoms. The van der Waals surface area contributed by atoms with E-state index in [0.717, 1.165) is 28.6 Å². The molecule has 3 N–H and O–H groups in total. The van der Waals surface area contributed by atoms with Gasteiger partial charge < -0.3 is 10.6 Å². The van der Waals surface area contributed by atoms with E-state index < -0.39 is 0 Å². The maximum atomic E-state index is 13.1. The number of halogens is 2. The lowest BCUT2D eigenvalue weighted by Crippen LogP contribution is -2.26. The van der Waals surface area contributed by atoms with Crippen LogP contribution in [0.5, 0.6) is 0 Å². The van der Waals surface area contributed by atoms with E-state index >= 15 is 0 Å². The lowest BCUT2D eigenvalue weighted by molar-refractivity contribution is 0.627. The molecule has 0 aliphatic carbocycles. The van der Waals surface area contributed by atoms with Crippen LogP contribution in [0.3, 0.4) is 0 Å². The Hall–Kier alpha value is -1.22. The minimum Gasteiger partial charge on any atom is -0.338 e. The van der Waals surface area contributed by atoms with Gasteiger partial charge in [-0.15, -0.1) is 5.10 Å². The molecule has 1 aliphatic heterocycles. The Bertz CT molecular complexity index is 600. The third-order valence-corrected chi connectivity index (χ3v) is 4.06. The quantitative estimate of drug-likeness (QED) is 0.788. The van der Waals surface area contributed by atoms with Crippen molar-refractivity contribution >= 4 is 28.5 Å². The molecule has 1 aromatic carbocycles. The molecule has 0 amide bonds. The standard InChI is InChI=1S/C12H13FIN5/c13-7-1-2-9(10(14)5-7)11-16-12(18-17-11)19-4-3-8(15)6-19/h1-2,5,8H,3-4,6,15H2,(H,16,17,18). The summed E-state index contributed by atoms with van der Waals surface area (Å²) in [4.78, 5) is 6.52. The molecule has 0 saturated carbocycles. The third kappa shape index (κ3) is 2.57. The highest BCUT2D eigenvalue weighted by Crippen LogP contribution is 2.25. The Balaban J connectivity index is 1.88. The average molecular weight is 373 g/mol. The molecule has 3 rings (SSSR count). The second-order valence-corrected chi connectivity index (χ2v) is 5.77. The second kappa shape index (κ2) is 5.04. The number of nitrogens with two attached hydrogens (primary N) is 1. The number of H-pyrrole nitrogens is 1. The summed E-state index contributed by atoms with van der Waals surface area (Å²) in [6.45, 7) is 1.65. The van der Waals surface area contributed by atoms with Crippen LogP contribution >= 0.6 is 22.6 Å². The van der Waals surface area contributed by atoms with Gasteiger partial charge >= 0.3 is 0 Å². The molecule has 2 heterocycles. The minimum atomic E-state index is -0.251. The Morgan fingerprint density at radius 3 is 3.00 bits per heavy atom. The molecule has 5 nitrogen and oxygen atoms in total. The van der Waals surface area contributed by atoms with Crippen molar-refractivity contribution in [3.63, 3.8) is 0 Å². The van der Waals surface area contributed by atoms with Gasteiger partial charge in [0.15, 0.2) is 5.82 Å². The van der Waals surface area contributed by atoms with Crippen LogP contribution in [-0.2, 0) is 0 Å². The van der Waals surface area contributed by atoms with E-state index in [1.165, 1.54) is 12.1 Å². The van der Waals surface area contributed by atoms with Crippen LogP contribution in [0, 0.1) is 9.39 Å². The molecule has 2 aromatic rings. The topological polar surface area (TPSA) is 70.8 Å². The molecule has 1 atom stereocenters. The number of benzene rings is 1. The molecule has 1 aromatic heterocycles. The molecule has 1 fully saturated rings. The van der Waals surface area contributed by atoms with Gasteiger partial charge in [-0.2, -0.15) is 4.98 Å². The average Bonchev–Trinajstić information content (AvgIpc) is 2.97. The molecule has 1 aliphatic rings. The Morgan fingerprint density at radius 1 is 1.47 bits per heavy atom. The van der Waals surface area contributed by atoms with Crippen molar-refractivity contribution in [2.45, 2.75) is 12.5 Å². The van der Waals surface area contributed by atoms with Gasteiger partial charge in [-0.3, -0.25) is 5.10 Å². The van der Waals surface area contributed by atoms with Crippen LogP contribution in [0.2, 0.25) is 0 Å². The van der Waals surface area contributed by atoms with E-state index in [-0.39, 0.29) is 11.9 Å². The van der Waals surface area contributed by atoms with Crippen molar-refractivity contribution in [2.75, 3.05) is 18.0 Å². The first-order valence-electron chi connectivity index (χ1n) is 6.02. The molecule has 100 valence electrons. The van der Waals surface area contributed by atoms with Gasteiger partial charge in [0, 0.05) is 28.3 Å². The predicted octanol–water partition coefficient (Wildman–Crippen LogP) is 1.75. The first kappa shape index (κ1) is 12.8. The second-order valence-electron chi connectivity index (χ2n) is 4.60. The Kier molecular flexibility index (Phi) is 3.40. The summed E-state index contributed by atoms with van der Waals surface area (Å²) < 4.78 is 13.9. The summed E-state index contributed by atoms with van der Waals surface area (Å²) in [5, 5.41) is 7.11. The number of hydrogen-bond acceptors (Lipinski definition) is 4. The Labute approximate surface area is 123 Å². The largest absolute Gasteiger partial charge is 0.338 e. The summed E-state index contributed by atoms with van der Waals surface area (Å²) in [6, 6.07) is 4.79. The van der Waals surface area contributed by atoms with Gasteiger partial charge in [-0.05, 0) is 47.2 Å². The molecule has 1 unspecified atom stereocenters. The predicted molar refractivity (Wildman–Crippen MR) is 79.3 cm³/mol. The van der Waals surface area contributed by atoms with Crippen molar-refractivity contribution in [1.29, 1.82) is 0 Å². The van der Waals surface area contributed by atoms with Crippen LogP contribution in [0.25, 0.3) is 11.4 Å². The number of nitrogens with one attached hydrogen (secondary N) is 1. The van der Waals surface area contributed by atoms with Gasteiger partial charge in [0.1, 0.15) is 5.82 Å². The van der Waals surface area contributed by atoms with Gasteiger partial charge in [0.05, 0.1) is 0 Å². The molecule has 0 spiro atoms. The molecular formula is C12H13FIN5. The summed E-state index contributed by atoms with van der Waals surface area (Å²) >= 11 is 2.09. The zero-order valence-corrected chi connectivity index (χ0v) is 12.3. The zero-order valence-electron chi connectivity index (χ0n) is 10.1. The number of anilines is 1. The van der Waals surface area contributed by atoms with Crippen molar-refractivity contribution in [3.8, 4) is 11.4 Å². The Morgan fingerprint density at radius 2 is 2.32 bits per heavy atom. The lowest BCUT2D eigenvalue weighted by atomic mass is 10.2. The molecule has 0 bridgehead atoms. The van der Waals surface area contributed by atoms with Gasteiger partial charge in [0.2, 0.25) is 5.95 Å². The van der Waals surface area contributed by atoms with Crippen LogP contribution in [0.4, 0.5) is 10.3 Å². The fourth-order valence-electron chi connectivity index (χ4n) is 2.17.